The Morgan fingerprint density at radius 3 is 2.73 bits per heavy atom. The molecule has 2 aromatic heterocycles. The third-order valence-electron chi connectivity index (χ3n) is 5.75. The van der Waals surface area contributed by atoms with Gasteiger partial charge in [-0.1, -0.05) is 0 Å². The summed E-state index contributed by atoms with van der Waals surface area (Å²) in [6.45, 7) is 2.63. The lowest BCUT2D eigenvalue weighted by molar-refractivity contribution is -0.138. The van der Waals surface area contributed by atoms with E-state index in [4.69, 9.17) is 0 Å². The molecule has 0 radical (unpaired) electrons. The minimum Gasteiger partial charge on any atom is -0.347 e. The van der Waals surface area contributed by atoms with Gasteiger partial charge in [0.25, 0.3) is 5.91 Å². The fraction of sp³-hybridized carbons (Fsp3) is 0.450. The number of hydrogen-bond acceptors (Lipinski definition) is 3. The molecule has 0 aliphatic carbocycles. The summed E-state index contributed by atoms with van der Waals surface area (Å²) >= 11 is 0. The van der Waals surface area contributed by atoms with Crippen LogP contribution in [-0.2, 0) is 18.4 Å². The van der Waals surface area contributed by atoms with Crippen LogP contribution in [0.3, 0.4) is 0 Å². The summed E-state index contributed by atoms with van der Waals surface area (Å²) in [5.41, 5.74) is 1.37. The van der Waals surface area contributed by atoms with E-state index in [2.05, 4.69) is 4.98 Å². The van der Waals surface area contributed by atoms with E-state index in [-0.39, 0.29) is 11.8 Å². The van der Waals surface area contributed by atoms with E-state index in [1.807, 2.05) is 51.9 Å². The third-order valence-corrected chi connectivity index (χ3v) is 5.75. The zero-order valence-electron chi connectivity index (χ0n) is 15.1. The molecule has 0 N–H and O–H groups in total. The predicted octanol–water partition coefficient (Wildman–Crippen LogP) is 2.08. The minimum atomic E-state index is -0.411. The van der Waals surface area contributed by atoms with E-state index < -0.39 is 5.41 Å². The molecule has 2 fully saturated rings. The number of likely N-dealkylation sites (tertiary alicyclic amines) is 2. The second kappa shape index (κ2) is 6.59. The number of aromatic nitrogens is 2. The highest BCUT2D eigenvalue weighted by atomic mass is 16.2. The highest BCUT2D eigenvalue weighted by molar-refractivity contribution is 5.94. The molecule has 2 aliphatic heterocycles. The van der Waals surface area contributed by atoms with Crippen LogP contribution in [0.1, 0.15) is 35.3 Å². The van der Waals surface area contributed by atoms with Gasteiger partial charge in [0.15, 0.2) is 0 Å². The number of nitrogens with zero attached hydrogens (tertiary/aromatic N) is 4. The average Bonchev–Trinajstić information content (AvgIpc) is 3.21. The molecule has 136 valence electrons. The number of amides is 2. The van der Waals surface area contributed by atoms with Gasteiger partial charge in [0.1, 0.15) is 5.69 Å². The summed E-state index contributed by atoms with van der Waals surface area (Å²) in [5.74, 6) is 0.218. The van der Waals surface area contributed by atoms with Gasteiger partial charge in [0.05, 0.1) is 5.41 Å². The van der Waals surface area contributed by atoms with Crippen molar-refractivity contribution in [3.8, 4) is 0 Å². The molecule has 0 saturated carbocycles. The Balaban J connectivity index is 1.49. The first kappa shape index (κ1) is 16.8. The van der Waals surface area contributed by atoms with Crippen molar-refractivity contribution in [3.05, 3.63) is 54.1 Å². The van der Waals surface area contributed by atoms with Crippen molar-refractivity contribution in [3.63, 3.8) is 0 Å². The van der Waals surface area contributed by atoms with Crippen molar-refractivity contribution in [2.24, 2.45) is 12.5 Å². The van der Waals surface area contributed by atoms with Crippen LogP contribution >= 0.6 is 0 Å². The number of pyridine rings is 1. The average molecular weight is 352 g/mol. The Hall–Kier alpha value is -2.63. The maximum absolute atomic E-state index is 13.2. The zero-order valence-corrected chi connectivity index (χ0v) is 15.1. The topological polar surface area (TPSA) is 58.4 Å². The zero-order chi connectivity index (χ0) is 18.1. The number of aryl methyl sites for hydroxylation is 1. The molecule has 6 heteroatoms. The van der Waals surface area contributed by atoms with Gasteiger partial charge in [-0.2, -0.15) is 0 Å². The molecule has 1 atom stereocenters. The van der Waals surface area contributed by atoms with Gasteiger partial charge in [0.2, 0.25) is 5.91 Å². The van der Waals surface area contributed by atoms with Gasteiger partial charge in [0, 0.05) is 51.8 Å². The molecular weight excluding hydrogens is 328 g/mol. The molecule has 0 bridgehead atoms. The van der Waals surface area contributed by atoms with E-state index in [1.54, 1.807) is 12.4 Å². The van der Waals surface area contributed by atoms with Crippen LogP contribution < -0.4 is 0 Å². The number of carbonyl (C=O) groups excluding carboxylic acids is 2. The predicted molar refractivity (Wildman–Crippen MR) is 97.3 cm³/mol. The van der Waals surface area contributed by atoms with Gasteiger partial charge in [-0.3, -0.25) is 14.6 Å². The molecular formula is C20H24N4O2. The van der Waals surface area contributed by atoms with Crippen LogP contribution in [0.25, 0.3) is 0 Å². The first-order valence-corrected chi connectivity index (χ1v) is 9.18. The molecule has 2 aliphatic rings. The van der Waals surface area contributed by atoms with Crippen LogP contribution in [0.15, 0.2) is 42.9 Å². The fourth-order valence-electron chi connectivity index (χ4n) is 4.28. The summed E-state index contributed by atoms with van der Waals surface area (Å²) in [5, 5.41) is 0. The van der Waals surface area contributed by atoms with Crippen LogP contribution in [0.4, 0.5) is 0 Å². The lowest BCUT2D eigenvalue weighted by atomic mass is 9.78. The monoisotopic (exact) mass is 352 g/mol. The standard InChI is InChI=1S/C20H24N4O2/c1-22-11-2-4-17(22)18(25)24-12-3-7-20(15-24)8-13-23(19(20)26)14-16-5-9-21-10-6-16/h2,4-6,9-11H,3,7-8,12-15H2,1H3. The molecule has 4 heterocycles. The third kappa shape index (κ3) is 2.89. The van der Waals surface area contributed by atoms with Crippen LogP contribution in [0.5, 0.6) is 0 Å². The van der Waals surface area contributed by atoms with E-state index in [1.165, 1.54) is 0 Å². The largest absolute Gasteiger partial charge is 0.347 e. The van der Waals surface area contributed by atoms with Crippen molar-refractivity contribution in [2.45, 2.75) is 25.8 Å². The summed E-state index contributed by atoms with van der Waals surface area (Å²) in [4.78, 5) is 33.9. The summed E-state index contributed by atoms with van der Waals surface area (Å²) in [6, 6.07) is 7.62. The Labute approximate surface area is 153 Å². The second-order valence-electron chi connectivity index (χ2n) is 7.45. The summed E-state index contributed by atoms with van der Waals surface area (Å²) < 4.78 is 1.84. The molecule has 1 unspecified atom stereocenters. The van der Waals surface area contributed by atoms with Gasteiger partial charge in [-0.25, -0.2) is 0 Å². The number of hydrogen-bond donors (Lipinski definition) is 0. The normalized spacial score (nSPS) is 23.0. The molecule has 6 nitrogen and oxygen atoms in total. The minimum absolute atomic E-state index is 0.0250. The second-order valence-corrected chi connectivity index (χ2v) is 7.45. The molecule has 0 aromatic carbocycles. The van der Waals surface area contributed by atoms with Crippen molar-refractivity contribution in [1.29, 1.82) is 0 Å². The van der Waals surface area contributed by atoms with Gasteiger partial charge < -0.3 is 14.4 Å². The number of carbonyl (C=O) groups is 2. The Kier molecular flexibility index (Phi) is 4.26. The van der Waals surface area contributed by atoms with E-state index in [9.17, 15) is 9.59 Å². The molecule has 2 saturated heterocycles. The Morgan fingerprint density at radius 1 is 1.19 bits per heavy atom. The van der Waals surface area contributed by atoms with Crippen molar-refractivity contribution >= 4 is 11.8 Å². The number of piperidine rings is 1. The van der Waals surface area contributed by atoms with E-state index in [0.29, 0.717) is 18.8 Å². The lowest BCUT2D eigenvalue weighted by Gasteiger charge is -2.39. The number of rotatable bonds is 3. The van der Waals surface area contributed by atoms with Crippen molar-refractivity contribution in [2.75, 3.05) is 19.6 Å². The maximum Gasteiger partial charge on any atom is 0.270 e. The SMILES string of the molecule is Cn1cccc1C(=O)N1CCCC2(CCN(Cc3ccncc3)C2=O)C1. The molecule has 2 aromatic rings. The van der Waals surface area contributed by atoms with E-state index in [0.717, 1.165) is 37.9 Å². The molecule has 4 rings (SSSR count). The quantitative estimate of drug-likeness (QED) is 0.850. The first-order valence-electron chi connectivity index (χ1n) is 9.18. The van der Waals surface area contributed by atoms with Gasteiger partial charge in [-0.05, 0) is 49.1 Å². The molecule has 2 amide bonds. The smallest absolute Gasteiger partial charge is 0.270 e. The summed E-state index contributed by atoms with van der Waals surface area (Å²) in [6.07, 6.45) is 7.97. The van der Waals surface area contributed by atoms with Crippen LogP contribution in [-0.4, -0.2) is 50.8 Å². The highest BCUT2D eigenvalue weighted by Crippen LogP contribution is 2.41. The Bertz CT molecular complexity index is 816. The van der Waals surface area contributed by atoms with Crippen molar-refractivity contribution < 1.29 is 9.59 Å². The van der Waals surface area contributed by atoms with Gasteiger partial charge >= 0.3 is 0 Å². The summed E-state index contributed by atoms with van der Waals surface area (Å²) in [7, 11) is 1.88. The highest BCUT2D eigenvalue weighted by Gasteiger charge is 2.49. The van der Waals surface area contributed by atoms with Gasteiger partial charge in [-0.15, -0.1) is 0 Å². The van der Waals surface area contributed by atoms with Crippen LogP contribution in [0.2, 0.25) is 0 Å². The molecule has 1 spiro atoms. The molecule has 26 heavy (non-hydrogen) atoms. The lowest BCUT2D eigenvalue weighted by Crippen LogP contribution is -2.50. The first-order chi connectivity index (χ1) is 12.6. The van der Waals surface area contributed by atoms with Crippen molar-refractivity contribution in [1.82, 2.24) is 19.4 Å². The fourth-order valence-corrected chi connectivity index (χ4v) is 4.28. The Morgan fingerprint density at radius 2 is 2.00 bits per heavy atom. The van der Waals surface area contributed by atoms with Crippen LogP contribution in [0, 0.1) is 5.41 Å². The maximum atomic E-state index is 13.2. The van der Waals surface area contributed by atoms with E-state index >= 15 is 0 Å².